The molecule has 0 radical (unpaired) electrons. The van der Waals surface area contributed by atoms with E-state index < -0.39 is 0 Å². The third-order valence-corrected chi connectivity index (χ3v) is 6.64. The van der Waals surface area contributed by atoms with Crippen molar-refractivity contribution in [2.45, 2.75) is 39.3 Å². The van der Waals surface area contributed by atoms with Crippen LogP contribution in [0.3, 0.4) is 0 Å². The van der Waals surface area contributed by atoms with Gasteiger partial charge >= 0.3 is 0 Å². The quantitative estimate of drug-likeness (QED) is 0.448. The minimum absolute atomic E-state index is 0.0676. The van der Waals surface area contributed by atoms with E-state index in [1.807, 2.05) is 30.5 Å². The Morgan fingerprint density at radius 3 is 2.72 bits per heavy atom. The van der Waals surface area contributed by atoms with E-state index >= 15 is 0 Å². The number of benzene rings is 1. The largest absolute Gasteiger partial charge is 0.381 e. The Hall–Kier alpha value is -4.29. The van der Waals surface area contributed by atoms with Crippen molar-refractivity contribution in [3.63, 3.8) is 0 Å². The molecule has 182 valence electrons. The number of carbonyl (C=O) groups is 1. The minimum Gasteiger partial charge on any atom is -0.381 e. The second-order valence-electron chi connectivity index (χ2n) is 8.97. The van der Waals surface area contributed by atoms with Gasteiger partial charge in [0.1, 0.15) is 17.6 Å². The molecule has 2 N–H and O–H groups in total. The first-order valence-electron chi connectivity index (χ1n) is 11.9. The molecule has 36 heavy (non-hydrogen) atoms. The van der Waals surface area contributed by atoms with Crippen LogP contribution in [0.5, 0.6) is 0 Å². The molecule has 1 amide bonds. The number of nitrogens with one attached hydrogen (secondary N) is 2. The van der Waals surface area contributed by atoms with Crippen LogP contribution in [0.2, 0.25) is 0 Å². The van der Waals surface area contributed by atoms with Gasteiger partial charge in [0.25, 0.3) is 11.5 Å². The average molecular weight is 483 g/mol. The van der Waals surface area contributed by atoms with Crippen LogP contribution in [-0.2, 0) is 11.3 Å². The van der Waals surface area contributed by atoms with Crippen LogP contribution in [0.1, 0.15) is 52.0 Å². The molecule has 9 heteroatoms. The summed E-state index contributed by atoms with van der Waals surface area (Å²) >= 11 is 0. The number of fused-ring (bicyclic) bond motifs is 1. The Morgan fingerprint density at radius 1 is 1.22 bits per heavy atom. The molecule has 0 saturated carbocycles. The molecule has 3 aromatic heterocycles. The number of carbonyl (C=O) groups excluding carboxylic acids is 1. The monoisotopic (exact) mass is 482 g/mol. The maximum atomic E-state index is 13.5. The lowest BCUT2D eigenvalue weighted by Gasteiger charge is -2.25. The van der Waals surface area contributed by atoms with E-state index in [0.29, 0.717) is 41.6 Å². The molecular formula is C27H26N6O3. The van der Waals surface area contributed by atoms with Gasteiger partial charge in [0.2, 0.25) is 0 Å². The molecule has 0 atom stereocenters. The molecule has 0 unspecified atom stereocenters. The van der Waals surface area contributed by atoms with Crippen molar-refractivity contribution in [1.29, 1.82) is 5.26 Å². The first-order valence-corrected chi connectivity index (χ1v) is 11.9. The SMILES string of the molecule is Cc1nc(C)c(CNC(=O)c2cc(-c3ccc(C#N)nc3)cc3c2ccn3C2CCOCC2)c(=O)[nH]1. The summed E-state index contributed by atoms with van der Waals surface area (Å²) in [7, 11) is 0. The molecule has 1 fully saturated rings. The van der Waals surface area contributed by atoms with E-state index in [1.165, 1.54) is 0 Å². The molecule has 1 aliphatic rings. The Kier molecular flexibility index (Phi) is 6.36. The van der Waals surface area contributed by atoms with Crippen molar-refractivity contribution < 1.29 is 9.53 Å². The number of H-pyrrole nitrogens is 1. The maximum Gasteiger partial charge on any atom is 0.256 e. The van der Waals surface area contributed by atoms with Crippen molar-refractivity contribution >= 4 is 16.8 Å². The lowest BCUT2D eigenvalue weighted by Crippen LogP contribution is -2.28. The Balaban J connectivity index is 1.55. The molecule has 1 saturated heterocycles. The molecule has 1 aliphatic heterocycles. The highest BCUT2D eigenvalue weighted by Gasteiger charge is 2.21. The number of hydrogen-bond donors (Lipinski definition) is 2. The number of amides is 1. The predicted octanol–water partition coefficient (Wildman–Crippen LogP) is 3.56. The molecule has 9 nitrogen and oxygen atoms in total. The summed E-state index contributed by atoms with van der Waals surface area (Å²) in [5, 5.41) is 12.8. The molecular weight excluding hydrogens is 456 g/mol. The Bertz CT molecular complexity index is 1540. The van der Waals surface area contributed by atoms with Gasteiger partial charge in [-0.3, -0.25) is 9.59 Å². The molecule has 1 aromatic carbocycles. The van der Waals surface area contributed by atoms with E-state index in [2.05, 4.69) is 30.9 Å². The van der Waals surface area contributed by atoms with Gasteiger partial charge in [0.05, 0.1) is 12.1 Å². The summed E-state index contributed by atoms with van der Waals surface area (Å²) in [6.07, 6.45) is 5.47. The van der Waals surface area contributed by atoms with Crippen LogP contribution in [0.4, 0.5) is 0 Å². The molecule has 0 aliphatic carbocycles. The van der Waals surface area contributed by atoms with Crippen LogP contribution in [-0.4, -0.2) is 38.6 Å². The van der Waals surface area contributed by atoms with Gasteiger partial charge in [0, 0.05) is 59.4 Å². The van der Waals surface area contributed by atoms with Crippen LogP contribution >= 0.6 is 0 Å². The van der Waals surface area contributed by atoms with Crippen molar-refractivity contribution in [2.75, 3.05) is 13.2 Å². The normalized spacial score (nSPS) is 14.0. The number of nitriles is 1. The van der Waals surface area contributed by atoms with Crippen LogP contribution < -0.4 is 10.9 Å². The van der Waals surface area contributed by atoms with Gasteiger partial charge in [-0.25, -0.2) is 9.97 Å². The van der Waals surface area contributed by atoms with Gasteiger partial charge in [-0.15, -0.1) is 0 Å². The first-order chi connectivity index (χ1) is 17.4. The van der Waals surface area contributed by atoms with E-state index in [9.17, 15) is 9.59 Å². The van der Waals surface area contributed by atoms with Gasteiger partial charge in [0.15, 0.2) is 0 Å². The summed E-state index contributed by atoms with van der Waals surface area (Å²) in [6.45, 7) is 4.96. The van der Waals surface area contributed by atoms with Crippen molar-refractivity contribution in [2.24, 2.45) is 0 Å². The standard InChI is InChI=1S/C27H26N6O3/c1-16-24(27(35)32-17(2)31-16)15-30-26(34)23-11-19(18-3-4-20(13-28)29-14-18)12-25-22(23)5-8-33(25)21-6-9-36-10-7-21/h3-5,8,11-12,14,21H,6-7,9-10,15H2,1-2H3,(H,30,34)(H,31,32,35). The molecule has 4 aromatic rings. The average Bonchev–Trinajstić information content (AvgIpc) is 3.32. The van der Waals surface area contributed by atoms with E-state index in [4.69, 9.17) is 10.00 Å². The zero-order chi connectivity index (χ0) is 25.2. The van der Waals surface area contributed by atoms with Gasteiger partial charge in [-0.1, -0.05) is 0 Å². The summed E-state index contributed by atoms with van der Waals surface area (Å²) in [5.41, 5.74) is 4.17. The highest BCUT2D eigenvalue weighted by atomic mass is 16.5. The summed E-state index contributed by atoms with van der Waals surface area (Å²) in [6, 6.07) is 11.7. The number of hydrogen-bond acceptors (Lipinski definition) is 6. The van der Waals surface area contributed by atoms with Crippen LogP contribution in [0.15, 0.2) is 47.5 Å². The summed E-state index contributed by atoms with van der Waals surface area (Å²) in [4.78, 5) is 37.1. The fourth-order valence-corrected chi connectivity index (χ4v) is 4.75. The van der Waals surface area contributed by atoms with Gasteiger partial charge < -0.3 is 19.6 Å². The third-order valence-electron chi connectivity index (χ3n) is 6.64. The topological polar surface area (TPSA) is 126 Å². The molecule has 0 bridgehead atoms. The van der Waals surface area contributed by atoms with Crippen molar-refractivity contribution in [1.82, 2.24) is 24.8 Å². The number of rotatable bonds is 5. The lowest BCUT2D eigenvalue weighted by molar-refractivity contribution is 0.0707. The number of pyridine rings is 1. The second-order valence-corrected chi connectivity index (χ2v) is 8.97. The number of aryl methyl sites for hydroxylation is 2. The Labute approximate surface area is 207 Å². The van der Waals surface area contributed by atoms with E-state index in [-0.39, 0.29) is 24.1 Å². The first kappa shape index (κ1) is 23.5. The zero-order valence-corrected chi connectivity index (χ0v) is 20.2. The maximum absolute atomic E-state index is 13.5. The molecule has 0 spiro atoms. The van der Waals surface area contributed by atoms with Crippen molar-refractivity contribution in [3.05, 3.63) is 81.4 Å². The lowest BCUT2D eigenvalue weighted by atomic mass is 10.00. The fourth-order valence-electron chi connectivity index (χ4n) is 4.75. The van der Waals surface area contributed by atoms with Gasteiger partial charge in [-0.05, 0) is 62.6 Å². The van der Waals surface area contributed by atoms with E-state index in [1.54, 1.807) is 26.1 Å². The predicted molar refractivity (Wildman–Crippen MR) is 134 cm³/mol. The number of aromatic amines is 1. The van der Waals surface area contributed by atoms with Crippen LogP contribution in [0, 0.1) is 25.2 Å². The highest BCUT2D eigenvalue weighted by Crippen LogP contribution is 2.33. The van der Waals surface area contributed by atoms with Crippen LogP contribution in [0.25, 0.3) is 22.0 Å². The second kappa shape index (κ2) is 9.76. The van der Waals surface area contributed by atoms with Gasteiger partial charge in [-0.2, -0.15) is 5.26 Å². The number of ether oxygens (including phenoxy) is 1. The minimum atomic E-state index is -0.285. The highest BCUT2D eigenvalue weighted by molar-refractivity contribution is 6.08. The molecule has 4 heterocycles. The zero-order valence-electron chi connectivity index (χ0n) is 20.2. The number of nitrogens with zero attached hydrogens (tertiary/aromatic N) is 4. The van der Waals surface area contributed by atoms with Crippen molar-refractivity contribution in [3.8, 4) is 17.2 Å². The number of aromatic nitrogens is 4. The molecule has 5 rings (SSSR count). The summed E-state index contributed by atoms with van der Waals surface area (Å²) < 4.78 is 7.76. The third kappa shape index (κ3) is 4.51. The smallest absolute Gasteiger partial charge is 0.256 e. The fraction of sp³-hybridized carbons (Fsp3) is 0.296. The summed E-state index contributed by atoms with van der Waals surface area (Å²) in [5.74, 6) is 0.250. The Morgan fingerprint density at radius 2 is 2.03 bits per heavy atom. The van der Waals surface area contributed by atoms with E-state index in [0.717, 1.165) is 34.9 Å².